The molecule has 0 saturated carbocycles. The molecule has 1 rings (SSSR count). The minimum atomic E-state index is -0.0810. The maximum Gasteiger partial charge on any atom is 0.234 e. The Morgan fingerprint density at radius 1 is 1.32 bits per heavy atom. The number of aryl methyl sites for hydroxylation is 1. The molecule has 0 aliphatic rings. The predicted molar refractivity (Wildman–Crippen MR) is 80.4 cm³/mol. The Labute approximate surface area is 118 Å². The van der Waals surface area contributed by atoms with Gasteiger partial charge in [0.05, 0.1) is 11.5 Å². The molecule has 0 aliphatic carbocycles. The van der Waals surface area contributed by atoms with E-state index in [0.29, 0.717) is 12.3 Å². The molecule has 1 aromatic carbocycles. The molecular weight excluding hydrogens is 260 g/mol. The number of rotatable bonds is 6. The van der Waals surface area contributed by atoms with Crippen LogP contribution in [0.4, 0.5) is 5.69 Å². The van der Waals surface area contributed by atoms with Crippen molar-refractivity contribution in [3.05, 3.63) is 29.8 Å². The maximum absolute atomic E-state index is 11.7. The van der Waals surface area contributed by atoms with Gasteiger partial charge in [0, 0.05) is 19.3 Å². The number of hydrogen-bond acceptors (Lipinski definition) is 3. The first kappa shape index (κ1) is 15.6. The Kier molecular flexibility index (Phi) is 6.42. The molecule has 4 nitrogen and oxygen atoms in total. The van der Waals surface area contributed by atoms with Crippen molar-refractivity contribution in [1.29, 1.82) is 0 Å². The van der Waals surface area contributed by atoms with E-state index in [0.717, 1.165) is 11.3 Å². The van der Waals surface area contributed by atoms with Crippen molar-refractivity contribution in [3.8, 4) is 0 Å². The second kappa shape index (κ2) is 7.84. The third-order valence-electron chi connectivity index (χ3n) is 2.66. The number of thioether (sulfide) groups is 1. The first-order valence-electron chi connectivity index (χ1n) is 6.21. The van der Waals surface area contributed by atoms with Crippen LogP contribution in [0.15, 0.2) is 24.3 Å². The molecule has 0 bridgehead atoms. The molecule has 2 amide bonds. The van der Waals surface area contributed by atoms with Gasteiger partial charge in [-0.15, -0.1) is 11.8 Å². The molecule has 0 fully saturated rings. The molecule has 0 spiro atoms. The Hall–Kier alpha value is -1.49. The predicted octanol–water partition coefficient (Wildman–Crippen LogP) is 2.15. The van der Waals surface area contributed by atoms with Crippen LogP contribution in [0, 0.1) is 6.92 Å². The lowest BCUT2D eigenvalue weighted by atomic mass is 10.2. The number of hydrogen-bond donors (Lipinski definition) is 1. The zero-order valence-electron chi connectivity index (χ0n) is 11.6. The van der Waals surface area contributed by atoms with Crippen molar-refractivity contribution in [2.75, 3.05) is 30.4 Å². The van der Waals surface area contributed by atoms with Crippen LogP contribution in [-0.2, 0) is 9.59 Å². The Balaban J connectivity index is 2.31. The van der Waals surface area contributed by atoms with E-state index < -0.39 is 0 Å². The molecular formula is C14H20N2O2S. The van der Waals surface area contributed by atoms with E-state index in [1.54, 1.807) is 11.9 Å². The van der Waals surface area contributed by atoms with Crippen LogP contribution in [0.3, 0.4) is 0 Å². The number of amides is 2. The summed E-state index contributed by atoms with van der Waals surface area (Å²) in [5, 5.41) is 2.82. The van der Waals surface area contributed by atoms with Gasteiger partial charge < -0.3 is 10.2 Å². The van der Waals surface area contributed by atoms with Crippen LogP contribution in [-0.4, -0.2) is 41.8 Å². The van der Waals surface area contributed by atoms with E-state index in [2.05, 4.69) is 5.32 Å². The molecule has 1 N–H and O–H groups in total. The van der Waals surface area contributed by atoms with Gasteiger partial charge in [0.1, 0.15) is 0 Å². The van der Waals surface area contributed by atoms with Crippen LogP contribution >= 0.6 is 11.8 Å². The lowest BCUT2D eigenvalue weighted by Gasteiger charge is -2.13. The third-order valence-corrected chi connectivity index (χ3v) is 3.58. The number of benzene rings is 1. The Morgan fingerprint density at radius 2 is 2.05 bits per heavy atom. The second-order valence-corrected chi connectivity index (χ2v) is 5.30. The molecule has 0 heterocycles. The number of nitrogens with one attached hydrogen (secondary N) is 1. The van der Waals surface area contributed by atoms with Crippen LogP contribution in [0.25, 0.3) is 0 Å². The fourth-order valence-corrected chi connectivity index (χ4v) is 2.19. The summed E-state index contributed by atoms with van der Waals surface area (Å²) in [5.74, 6) is 0.599. The van der Waals surface area contributed by atoms with Crippen molar-refractivity contribution in [2.45, 2.75) is 13.8 Å². The third kappa shape index (κ3) is 5.79. The summed E-state index contributed by atoms with van der Waals surface area (Å²) in [6.07, 6.45) is 0. The first-order valence-corrected chi connectivity index (χ1v) is 7.36. The van der Waals surface area contributed by atoms with E-state index in [1.807, 2.05) is 38.1 Å². The van der Waals surface area contributed by atoms with Crippen LogP contribution in [0.5, 0.6) is 0 Å². The molecule has 1 aromatic rings. The van der Waals surface area contributed by atoms with Gasteiger partial charge in [0.2, 0.25) is 11.8 Å². The van der Waals surface area contributed by atoms with Crippen molar-refractivity contribution < 1.29 is 9.59 Å². The van der Waals surface area contributed by atoms with Gasteiger partial charge in [-0.05, 0) is 31.5 Å². The van der Waals surface area contributed by atoms with Crippen molar-refractivity contribution >= 4 is 29.3 Å². The van der Waals surface area contributed by atoms with E-state index >= 15 is 0 Å². The largest absolute Gasteiger partial charge is 0.345 e. The van der Waals surface area contributed by atoms with Crippen molar-refractivity contribution in [2.24, 2.45) is 0 Å². The van der Waals surface area contributed by atoms with Crippen LogP contribution in [0.2, 0.25) is 0 Å². The number of anilines is 1. The lowest BCUT2D eigenvalue weighted by molar-refractivity contribution is -0.126. The summed E-state index contributed by atoms with van der Waals surface area (Å²) in [7, 11) is 1.76. The number of carbonyl (C=O) groups is 2. The molecule has 0 aliphatic heterocycles. The summed E-state index contributed by atoms with van der Waals surface area (Å²) in [6.45, 7) is 4.59. The van der Waals surface area contributed by atoms with Gasteiger partial charge in [-0.1, -0.05) is 12.1 Å². The van der Waals surface area contributed by atoms with E-state index in [1.165, 1.54) is 11.8 Å². The highest BCUT2D eigenvalue weighted by Gasteiger charge is 2.08. The van der Waals surface area contributed by atoms with Gasteiger partial charge in [-0.3, -0.25) is 9.59 Å². The highest BCUT2D eigenvalue weighted by Crippen LogP contribution is 2.10. The van der Waals surface area contributed by atoms with Crippen molar-refractivity contribution in [3.63, 3.8) is 0 Å². The first-order chi connectivity index (χ1) is 9.02. The van der Waals surface area contributed by atoms with Gasteiger partial charge in [0.15, 0.2) is 0 Å². The average molecular weight is 280 g/mol. The topological polar surface area (TPSA) is 49.4 Å². The molecule has 0 saturated heterocycles. The number of carbonyl (C=O) groups excluding carboxylic acids is 2. The van der Waals surface area contributed by atoms with Gasteiger partial charge in [-0.2, -0.15) is 0 Å². The minimum Gasteiger partial charge on any atom is -0.345 e. The summed E-state index contributed by atoms with van der Waals surface area (Å²) in [4.78, 5) is 24.9. The summed E-state index contributed by atoms with van der Waals surface area (Å²) < 4.78 is 0. The van der Waals surface area contributed by atoms with Gasteiger partial charge in [-0.25, -0.2) is 0 Å². The van der Waals surface area contributed by atoms with E-state index in [9.17, 15) is 9.59 Å². The highest BCUT2D eigenvalue weighted by atomic mass is 32.2. The van der Waals surface area contributed by atoms with Gasteiger partial charge in [0.25, 0.3) is 0 Å². The molecule has 0 aromatic heterocycles. The molecule has 5 heteroatoms. The van der Waals surface area contributed by atoms with Crippen LogP contribution in [0.1, 0.15) is 12.5 Å². The zero-order valence-corrected chi connectivity index (χ0v) is 12.4. The summed E-state index contributed by atoms with van der Waals surface area (Å²) in [6, 6.07) is 7.64. The molecule has 0 radical (unpaired) electrons. The molecule has 0 unspecified atom stereocenters. The van der Waals surface area contributed by atoms with Crippen LogP contribution < -0.4 is 5.32 Å². The fourth-order valence-electron chi connectivity index (χ4n) is 1.44. The summed E-state index contributed by atoms with van der Waals surface area (Å²) in [5.41, 5.74) is 1.90. The fraction of sp³-hybridized carbons (Fsp3) is 0.429. The summed E-state index contributed by atoms with van der Waals surface area (Å²) >= 11 is 1.33. The smallest absolute Gasteiger partial charge is 0.234 e. The van der Waals surface area contributed by atoms with E-state index in [4.69, 9.17) is 0 Å². The van der Waals surface area contributed by atoms with Gasteiger partial charge >= 0.3 is 0 Å². The van der Waals surface area contributed by atoms with E-state index in [-0.39, 0.29) is 17.6 Å². The average Bonchev–Trinajstić information content (AvgIpc) is 2.37. The quantitative estimate of drug-likeness (QED) is 0.868. The normalized spacial score (nSPS) is 10.1. The minimum absolute atomic E-state index is 0.0517. The molecule has 19 heavy (non-hydrogen) atoms. The number of nitrogens with zero attached hydrogens (tertiary/aromatic N) is 1. The monoisotopic (exact) mass is 280 g/mol. The standard InChI is InChI=1S/C14H20N2O2S/c1-4-16(3)14(18)10-19-9-13(17)15-12-7-5-6-11(2)8-12/h5-8H,4,9-10H2,1-3H3,(H,15,17). The zero-order chi connectivity index (χ0) is 14.3. The SMILES string of the molecule is CCN(C)C(=O)CSCC(=O)Nc1cccc(C)c1. The maximum atomic E-state index is 11.7. The Bertz CT molecular complexity index is 449. The Morgan fingerprint density at radius 3 is 2.68 bits per heavy atom. The highest BCUT2D eigenvalue weighted by molar-refractivity contribution is 8.00. The molecule has 104 valence electrons. The van der Waals surface area contributed by atoms with Crippen molar-refractivity contribution in [1.82, 2.24) is 4.90 Å². The lowest BCUT2D eigenvalue weighted by Crippen LogP contribution is -2.28. The second-order valence-electron chi connectivity index (χ2n) is 4.32. The molecule has 0 atom stereocenters.